The van der Waals surface area contributed by atoms with Crippen molar-refractivity contribution in [2.45, 2.75) is 13.0 Å². The zero-order valence-electron chi connectivity index (χ0n) is 7.83. The van der Waals surface area contributed by atoms with Crippen molar-refractivity contribution < 1.29 is 9.90 Å². The number of aromatic nitrogens is 2. The van der Waals surface area contributed by atoms with Gasteiger partial charge in [-0.1, -0.05) is 11.6 Å². The number of hydrogen-bond acceptors (Lipinski definition) is 3. The third kappa shape index (κ3) is 3.01. The number of aliphatic carboxylic acids is 1. The van der Waals surface area contributed by atoms with Crippen LogP contribution in [0.3, 0.4) is 0 Å². The zero-order valence-corrected chi connectivity index (χ0v) is 8.58. The Morgan fingerprint density at radius 2 is 2.50 bits per heavy atom. The second-order valence-electron chi connectivity index (χ2n) is 2.88. The van der Waals surface area contributed by atoms with E-state index in [1.54, 1.807) is 10.8 Å². The Morgan fingerprint density at radius 1 is 1.79 bits per heavy atom. The first-order valence-corrected chi connectivity index (χ1v) is 4.57. The van der Waals surface area contributed by atoms with Crippen LogP contribution in [0.25, 0.3) is 0 Å². The quantitative estimate of drug-likeness (QED) is 0.711. The number of carboxylic acids is 1. The van der Waals surface area contributed by atoms with Gasteiger partial charge in [0.05, 0.1) is 19.2 Å². The normalized spacial score (nSPS) is 10.4. The molecule has 1 heterocycles. The summed E-state index contributed by atoms with van der Waals surface area (Å²) in [5.41, 5.74) is 0. The van der Waals surface area contributed by atoms with E-state index in [0.717, 1.165) is 5.82 Å². The van der Waals surface area contributed by atoms with Crippen molar-refractivity contribution in [3.8, 4) is 0 Å². The molecule has 0 saturated heterocycles. The molecule has 0 amide bonds. The van der Waals surface area contributed by atoms with Crippen LogP contribution in [0.15, 0.2) is 6.20 Å². The molecular formula is C8H12ClN3O2. The average molecular weight is 218 g/mol. The second kappa shape index (κ2) is 4.97. The number of hydrogen-bond donors (Lipinski definition) is 2. The lowest BCUT2D eigenvalue weighted by molar-refractivity contribution is -0.136. The Labute approximate surface area is 86.7 Å². The van der Waals surface area contributed by atoms with Crippen LogP contribution in [0, 0.1) is 0 Å². The van der Waals surface area contributed by atoms with Crippen LogP contribution in [-0.2, 0) is 18.4 Å². The van der Waals surface area contributed by atoms with E-state index in [1.807, 2.05) is 7.05 Å². The van der Waals surface area contributed by atoms with Crippen molar-refractivity contribution in [3.05, 3.63) is 17.2 Å². The first kappa shape index (κ1) is 11.0. The van der Waals surface area contributed by atoms with Gasteiger partial charge in [-0.3, -0.25) is 4.79 Å². The highest BCUT2D eigenvalue weighted by molar-refractivity contribution is 6.29. The molecule has 2 N–H and O–H groups in total. The van der Waals surface area contributed by atoms with Crippen molar-refractivity contribution >= 4 is 17.6 Å². The molecule has 1 rings (SSSR count). The van der Waals surface area contributed by atoms with Gasteiger partial charge >= 0.3 is 5.97 Å². The monoisotopic (exact) mass is 217 g/mol. The van der Waals surface area contributed by atoms with E-state index in [4.69, 9.17) is 16.7 Å². The molecule has 0 unspecified atom stereocenters. The predicted molar refractivity (Wildman–Crippen MR) is 52.2 cm³/mol. The van der Waals surface area contributed by atoms with Crippen molar-refractivity contribution in [2.24, 2.45) is 7.05 Å². The summed E-state index contributed by atoms with van der Waals surface area (Å²) >= 11 is 5.77. The predicted octanol–water partition coefficient (Wildman–Crippen LogP) is 0.638. The molecule has 0 fully saturated rings. The standard InChI is InChI=1S/C8H12ClN3O2/c1-12-6(9)4-11-7(12)5-10-3-2-8(13)14/h4,10H,2-3,5H2,1H3,(H,13,14). The summed E-state index contributed by atoms with van der Waals surface area (Å²) in [6.45, 7) is 0.955. The van der Waals surface area contributed by atoms with E-state index >= 15 is 0 Å². The van der Waals surface area contributed by atoms with E-state index in [-0.39, 0.29) is 6.42 Å². The first-order chi connectivity index (χ1) is 6.61. The third-order valence-electron chi connectivity index (χ3n) is 1.83. The maximum Gasteiger partial charge on any atom is 0.304 e. The number of nitrogens with zero attached hydrogens (tertiary/aromatic N) is 2. The molecule has 0 aliphatic rings. The minimum Gasteiger partial charge on any atom is -0.481 e. The third-order valence-corrected chi connectivity index (χ3v) is 2.18. The summed E-state index contributed by atoms with van der Waals surface area (Å²) in [5, 5.41) is 11.9. The fourth-order valence-corrected chi connectivity index (χ4v) is 1.13. The SMILES string of the molecule is Cn1c(Cl)cnc1CNCCC(=O)O. The Hall–Kier alpha value is -1.07. The lowest BCUT2D eigenvalue weighted by atomic mass is 10.4. The van der Waals surface area contributed by atoms with Crippen LogP contribution < -0.4 is 5.32 Å². The van der Waals surface area contributed by atoms with Crippen molar-refractivity contribution in [3.63, 3.8) is 0 Å². The molecule has 0 radical (unpaired) electrons. The van der Waals surface area contributed by atoms with E-state index in [2.05, 4.69) is 10.3 Å². The molecule has 0 aliphatic heterocycles. The van der Waals surface area contributed by atoms with Gasteiger partial charge < -0.3 is 15.0 Å². The number of carbonyl (C=O) groups is 1. The maximum atomic E-state index is 10.2. The molecule has 0 atom stereocenters. The minimum atomic E-state index is -0.810. The van der Waals surface area contributed by atoms with Gasteiger partial charge in [-0.25, -0.2) is 4.98 Å². The summed E-state index contributed by atoms with van der Waals surface area (Å²) < 4.78 is 1.75. The number of nitrogens with one attached hydrogen (secondary N) is 1. The van der Waals surface area contributed by atoms with Gasteiger partial charge in [0.15, 0.2) is 0 Å². The number of imidazole rings is 1. The van der Waals surface area contributed by atoms with Crippen LogP contribution in [-0.4, -0.2) is 27.2 Å². The van der Waals surface area contributed by atoms with Crippen molar-refractivity contribution in [1.29, 1.82) is 0 Å². The molecule has 0 saturated carbocycles. The Kier molecular flexibility index (Phi) is 3.91. The molecule has 1 aromatic rings. The molecule has 14 heavy (non-hydrogen) atoms. The summed E-state index contributed by atoms with van der Waals surface area (Å²) in [6, 6.07) is 0. The highest BCUT2D eigenvalue weighted by atomic mass is 35.5. The molecular weight excluding hydrogens is 206 g/mol. The van der Waals surface area contributed by atoms with Crippen LogP contribution in [0.5, 0.6) is 0 Å². The molecule has 0 aliphatic carbocycles. The molecule has 1 aromatic heterocycles. The van der Waals surface area contributed by atoms with E-state index in [9.17, 15) is 4.79 Å². The zero-order chi connectivity index (χ0) is 10.6. The van der Waals surface area contributed by atoms with Gasteiger partial charge in [0.25, 0.3) is 0 Å². The highest BCUT2D eigenvalue weighted by Crippen LogP contribution is 2.08. The fourth-order valence-electron chi connectivity index (χ4n) is 0.984. The lowest BCUT2D eigenvalue weighted by Crippen LogP contribution is -2.19. The number of carboxylic acid groups (broad SMARTS) is 1. The number of halogens is 1. The number of rotatable bonds is 5. The van der Waals surface area contributed by atoms with Gasteiger partial charge in [-0.15, -0.1) is 0 Å². The van der Waals surface area contributed by atoms with Crippen LogP contribution in [0.1, 0.15) is 12.2 Å². The lowest BCUT2D eigenvalue weighted by Gasteiger charge is -2.03. The van der Waals surface area contributed by atoms with E-state index < -0.39 is 5.97 Å². The minimum absolute atomic E-state index is 0.109. The highest BCUT2D eigenvalue weighted by Gasteiger charge is 2.03. The van der Waals surface area contributed by atoms with Gasteiger partial charge in [0.2, 0.25) is 0 Å². The molecule has 0 bridgehead atoms. The Balaban J connectivity index is 2.31. The van der Waals surface area contributed by atoms with Gasteiger partial charge in [-0.05, 0) is 0 Å². The first-order valence-electron chi connectivity index (χ1n) is 4.20. The Bertz CT molecular complexity index is 324. The van der Waals surface area contributed by atoms with Gasteiger partial charge in [0, 0.05) is 13.6 Å². The van der Waals surface area contributed by atoms with Crippen molar-refractivity contribution in [2.75, 3.05) is 6.54 Å². The van der Waals surface area contributed by atoms with Crippen LogP contribution in [0.4, 0.5) is 0 Å². The van der Waals surface area contributed by atoms with Crippen LogP contribution >= 0.6 is 11.6 Å². The summed E-state index contributed by atoms with van der Waals surface area (Å²) in [7, 11) is 1.81. The van der Waals surface area contributed by atoms with Gasteiger partial charge in [0.1, 0.15) is 11.0 Å². The molecule has 6 heteroatoms. The van der Waals surface area contributed by atoms with Crippen molar-refractivity contribution in [1.82, 2.24) is 14.9 Å². The Morgan fingerprint density at radius 3 is 3.00 bits per heavy atom. The smallest absolute Gasteiger partial charge is 0.304 e. The molecule has 0 spiro atoms. The molecule has 0 aromatic carbocycles. The second-order valence-corrected chi connectivity index (χ2v) is 3.26. The average Bonchev–Trinajstić information content (AvgIpc) is 2.43. The maximum absolute atomic E-state index is 10.2. The fraction of sp³-hybridized carbons (Fsp3) is 0.500. The van der Waals surface area contributed by atoms with E-state index in [0.29, 0.717) is 18.2 Å². The summed E-state index contributed by atoms with van der Waals surface area (Å²) in [6.07, 6.45) is 1.67. The molecule has 5 nitrogen and oxygen atoms in total. The largest absolute Gasteiger partial charge is 0.481 e. The summed E-state index contributed by atoms with van der Waals surface area (Å²) in [5.74, 6) is -0.0178. The van der Waals surface area contributed by atoms with Gasteiger partial charge in [-0.2, -0.15) is 0 Å². The topological polar surface area (TPSA) is 67.2 Å². The summed E-state index contributed by atoms with van der Waals surface area (Å²) in [4.78, 5) is 14.3. The van der Waals surface area contributed by atoms with Crippen LogP contribution in [0.2, 0.25) is 5.15 Å². The van der Waals surface area contributed by atoms with E-state index in [1.165, 1.54) is 0 Å². The molecule has 78 valence electrons.